The van der Waals surface area contributed by atoms with Crippen molar-refractivity contribution in [2.24, 2.45) is 35.5 Å². The van der Waals surface area contributed by atoms with Gasteiger partial charge in [-0.25, -0.2) is 15.0 Å². The molecule has 5 aromatic carbocycles. The van der Waals surface area contributed by atoms with E-state index in [1.54, 1.807) is 11.1 Å². The van der Waals surface area contributed by atoms with E-state index in [4.69, 9.17) is 15.0 Å². The summed E-state index contributed by atoms with van der Waals surface area (Å²) in [5, 5.41) is 11.6. The maximum atomic E-state index is 9.39. The van der Waals surface area contributed by atoms with Gasteiger partial charge in [-0.2, -0.15) is 5.26 Å². The second-order valence-corrected chi connectivity index (χ2v) is 20.0. The van der Waals surface area contributed by atoms with Gasteiger partial charge in [-0.05, 0) is 174 Å². The highest BCUT2D eigenvalue weighted by molar-refractivity contribution is 5.88. The minimum atomic E-state index is 0.203. The van der Waals surface area contributed by atoms with Gasteiger partial charge in [0.1, 0.15) is 0 Å². The molecule has 4 nitrogen and oxygen atoms in total. The molecule has 1 aromatic heterocycles. The summed E-state index contributed by atoms with van der Waals surface area (Å²) in [7, 11) is 0. The van der Waals surface area contributed by atoms with Gasteiger partial charge in [0, 0.05) is 16.7 Å². The van der Waals surface area contributed by atoms with Gasteiger partial charge in [-0.1, -0.05) is 113 Å². The van der Waals surface area contributed by atoms with Crippen molar-refractivity contribution in [1.82, 2.24) is 15.0 Å². The van der Waals surface area contributed by atoms with E-state index >= 15 is 0 Å². The fourth-order valence-electron chi connectivity index (χ4n) is 13.2. The van der Waals surface area contributed by atoms with Gasteiger partial charge in [0.25, 0.3) is 0 Å². The smallest absolute Gasteiger partial charge is 0.164 e. The van der Waals surface area contributed by atoms with Crippen LogP contribution in [-0.2, 0) is 10.8 Å². The number of hydrogen-bond acceptors (Lipinski definition) is 4. The van der Waals surface area contributed by atoms with Crippen LogP contribution >= 0.6 is 0 Å². The van der Waals surface area contributed by atoms with Crippen LogP contribution in [0.4, 0.5) is 0 Å². The van der Waals surface area contributed by atoms with E-state index in [1.807, 2.05) is 18.2 Å². The van der Waals surface area contributed by atoms with E-state index in [2.05, 4.69) is 125 Å². The van der Waals surface area contributed by atoms with Gasteiger partial charge in [0.15, 0.2) is 17.5 Å². The molecule has 4 bridgehead atoms. The third-order valence-electron chi connectivity index (χ3n) is 15.2. The molecule has 1 heterocycles. The molecule has 59 heavy (non-hydrogen) atoms. The average molecular weight is 775 g/mol. The minimum absolute atomic E-state index is 0.203. The summed E-state index contributed by atoms with van der Waals surface area (Å²) in [4.78, 5) is 16.0. The molecule has 4 fully saturated rings. The van der Waals surface area contributed by atoms with E-state index in [-0.39, 0.29) is 10.8 Å². The van der Waals surface area contributed by atoms with E-state index < -0.39 is 0 Å². The van der Waals surface area contributed by atoms with Gasteiger partial charge >= 0.3 is 0 Å². The number of fused-ring (bicyclic) bond motifs is 5. The molecule has 4 aliphatic rings. The van der Waals surface area contributed by atoms with Crippen LogP contribution in [0.15, 0.2) is 109 Å². The summed E-state index contributed by atoms with van der Waals surface area (Å²) in [6, 6.07) is 41.5. The zero-order chi connectivity index (χ0) is 40.3. The minimum Gasteiger partial charge on any atom is -0.208 e. The summed E-state index contributed by atoms with van der Waals surface area (Å²) in [6.07, 6.45) is 14.6. The van der Waals surface area contributed by atoms with Crippen molar-refractivity contribution in [3.05, 3.63) is 126 Å². The maximum absolute atomic E-state index is 9.39. The van der Waals surface area contributed by atoms with Crippen molar-refractivity contribution in [2.45, 2.75) is 109 Å². The Balaban J connectivity index is 1.11. The molecule has 4 heteroatoms. The Morgan fingerprint density at radius 1 is 0.508 bits per heavy atom. The Hall–Kier alpha value is -5.14. The number of rotatable bonds is 7. The van der Waals surface area contributed by atoms with Crippen molar-refractivity contribution >= 4 is 10.8 Å². The maximum Gasteiger partial charge on any atom is 0.164 e. The number of hydrogen-bond donors (Lipinski definition) is 0. The van der Waals surface area contributed by atoms with Crippen LogP contribution in [0.3, 0.4) is 0 Å². The van der Waals surface area contributed by atoms with Crippen LogP contribution in [0.2, 0.25) is 0 Å². The summed E-state index contributed by atoms with van der Waals surface area (Å²) in [5.41, 5.74) is 9.63. The third-order valence-corrected chi connectivity index (χ3v) is 15.2. The molecule has 4 saturated carbocycles. The molecule has 0 spiro atoms. The Morgan fingerprint density at radius 2 is 1.02 bits per heavy atom. The number of benzene rings is 5. The van der Waals surface area contributed by atoms with Crippen molar-refractivity contribution in [3.8, 4) is 51.4 Å². The average Bonchev–Trinajstić information content (AvgIpc) is 3.25. The highest BCUT2D eigenvalue weighted by atomic mass is 15.0. The quantitative estimate of drug-likeness (QED) is 0.162. The zero-order valence-electron chi connectivity index (χ0n) is 35.4. The fourth-order valence-corrected chi connectivity index (χ4v) is 13.2. The summed E-state index contributed by atoms with van der Waals surface area (Å²) in [5.74, 6) is 6.87. The summed E-state index contributed by atoms with van der Waals surface area (Å²) >= 11 is 0. The summed E-state index contributed by atoms with van der Waals surface area (Å²) < 4.78 is 0. The Bertz CT molecular complexity index is 2530. The molecule has 8 atom stereocenters. The lowest BCUT2D eigenvalue weighted by molar-refractivity contribution is 0.0684. The normalized spacial score (nSPS) is 28.9. The van der Waals surface area contributed by atoms with Crippen LogP contribution in [0.5, 0.6) is 0 Å². The Kier molecular flexibility index (Phi) is 9.78. The topological polar surface area (TPSA) is 62.5 Å². The molecule has 10 rings (SSSR count). The van der Waals surface area contributed by atoms with Crippen LogP contribution in [0.1, 0.15) is 115 Å². The van der Waals surface area contributed by atoms with Gasteiger partial charge in [-0.3, -0.25) is 0 Å². The first-order chi connectivity index (χ1) is 28.7. The predicted molar refractivity (Wildman–Crippen MR) is 242 cm³/mol. The number of nitriles is 1. The first-order valence-corrected chi connectivity index (χ1v) is 22.7. The first-order valence-electron chi connectivity index (χ1n) is 22.7. The van der Waals surface area contributed by atoms with E-state index in [0.29, 0.717) is 11.4 Å². The fraction of sp³-hybridized carbons (Fsp3) is 0.418. The lowest BCUT2D eigenvalue weighted by Crippen LogP contribution is -2.44. The van der Waals surface area contributed by atoms with Gasteiger partial charge in [0.05, 0.1) is 11.6 Å². The molecule has 0 aliphatic heterocycles. The predicted octanol–water partition coefficient (Wildman–Crippen LogP) is 14.2. The second kappa shape index (κ2) is 15.2. The van der Waals surface area contributed by atoms with Gasteiger partial charge in [-0.15, -0.1) is 0 Å². The van der Waals surface area contributed by atoms with Crippen LogP contribution in [-0.4, -0.2) is 15.0 Å². The summed E-state index contributed by atoms with van der Waals surface area (Å²) in [6.45, 7) is 9.98. The zero-order valence-corrected chi connectivity index (χ0v) is 35.4. The van der Waals surface area contributed by atoms with E-state index in [1.165, 1.54) is 70.6 Å². The first kappa shape index (κ1) is 38.1. The molecule has 4 aliphatic carbocycles. The largest absolute Gasteiger partial charge is 0.208 e. The molecule has 3 unspecified atom stereocenters. The Morgan fingerprint density at radius 3 is 1.63 bits per heavy atom. The van der Waals surface area contributed by atoms with Gasteiger partial charge < -0.3 is 0 Å². The monoisotopic (exact) mass is 774 g/mol. The van der Waals surface area contributed by atoms with E-state index in [9.17, 15) is 5.26 Å². The van der Waals surface area contributed by atoms with Crippen molar-refractivity contribution in [3.63, 3.8) is 0 Å². The number of nitrogens with zero attached hydrogens (tertiary/aromatic N) is 4. The molecule has 6 aromatic rings. The van der Waals surface area contributed by atoms with Crippen LogP contribution in [0.25, 0.3) is 56.1 Å². The highest BCUT2D eigenvalue weighted by Crippen LogP contribution is 2.58. The molecule has 298 valence electrons. The van der Waals surface area contributed by atoms with Gasteiger partial charge in [0.2, 0.25) is 0 Å². The Labute approximate surface area is 351 Å². The molecule has 0 radical (unpaired) electrons. The van der Waals surface area contributed by atoms with Crippen molar-refractivity contribution in [1.29, 1.82) is 5.26 Å². The third kappa shape index (κ3) is 7.30. The number of aromatic nitrogens is 3. The van der Waals surface area contributed by atoms with Crippen LogP contribution < -0.4 is 0 Å². The molecular formula is C55H58N4. The second-order valence-electron chi connectivity index (χ2n) is 20.0. The highest BCUT2D eigenvalue weighted by Gasteiger charge is 2.49. The van der Waals surface area contributed by atoms with Crippen molar-refractivity contribution < 1.29 is 0 Å². The van der Waals surface area contributed by atoms with E-state index in [0.717, 1.165) is 85.7 Å². The van der Waals surface area contributed by atoms with Crippen LogP contribution in [0, 0.1) is 46.8 Å². The molecule has 0 N–H and O–H groups in total. The van der Waals surface area contributed by atoms with Crippen molar-refractivity contribution in [2.75, 3.05) is 0 Å². The SMILES string of the molecule is CC[C@@H]1C[C@@H]2C[C@H](C)CC(c3cc(-c4nc(-c5ccccc5)nc(-c5ccc(-c6ccc7cc(C#N)ccc7c6)cc5)n4)cc(C45CC(C[C@@H](C)C4)C[C@H](C)C5)c3)(C1)C2. The molecule has 0 amide bonds. The standard InChI is InChI=1S/C55H58N4/c1-5-38-22-41-21-37(4)30-55(31-38,33-41)50-26-48(25-49(27-50)54-28-35(2)19-40(32-54)20-36(3)29-54)53-58-51(43-9-7-6-8-10-43)57-52(59-53)44-15-13-42(14-16-44)46-18-17-45-23-39(34-56)11-12-47(45)24-46/h6-18,23-27,35-38,40-41H,5,19-22,28-33H2,1-4H3/t35-,36+,37-,38+,40?,41-,54?,55?/m0/s1. The lowest BCUT2D eigenvalue weighted by Gasteiger charge is -2.53. The molecule has 0 saturated heterocycles. The molecular weight excluding hydrogens is 717 g/mol. The lowest BCUT2D eigenvalue weighted by atomic mass is 9.52.